The van der Waals surface area contributed by atoms with E-state index in [1.165, 1.54) is 31.1 Å². The van der Waals surface area contributed by atoms with Gasteiger partial charge in [-0.15, -0.1) is 0 Å². The molecular weight excluding hydrogens is 238 g/mol. The number of carbonyl (C=O) groups excluding carboxylic acids is 1. The van der Waals surface area contributed by atoms with E-state index in [0.717, 1.165) is 25.1 Å². The Morgan fingerprint density at radius 2 is 2.21 bits per heavy atom. The molecule has 1 aromatic rings. The van der Waals surface area contributed by atoms with Gasteiger partial charge in [0, 0.05) is 18.7 Å². The second-order valence-corrected chi connectivity index (χ2v) is 5.26. The zero-order valence-electron chi connectivity index (χ0n) is 11.3. The zero-order chi connectivity index (χ0) is 13.2. The van der Waals surface area contributed by atoms with Crippen LogP contribution < -0.4 is 0 Å². The quantitative estimate of drug-likeness (QED) is 0.572. The number of piperidine rings is 1. The molecule has 0 saturated carbocycles. The van der Waals surface area contributed by atoms with Gasteiger partial charge in [-0.25, -0.2) is 4.79 Å². The summed E-state index contributed by atoms with van der Waals surface area (Å²) in [5.41, 5.74) is 3.67. The predicted octanol–water partition coefficient (Wildman–Crippen LogP) is 2.61. The summed E-state index contributed by atoms with van der Waals surface area (Å²) in [4.78, 5) is 14.1. The van der Waals surface area contributed by atoms with E-state index in [-0.39, 0.29) is 5.97 Å². The topological polar surface area (TPSA) is 29.5 Å². The van der Waals surface area contributed by atoms with Crippen molar-refractivity contribution in [3.63, 3.8) is 0 Å². The number of ether oxygens (including phenoxy) is 1. The van der Waals surface area contributed by atoms with Gasteiger partial charge >= 0.3 is 5.97 Å². The number of methoxy groups -OCH3 is 1. The third-order valence-electron chi connectivity index (χ3n) is 4.15. The highest BCUT2D eigenvalue weighted by molar-refractivity contribution is 5.93. The Bertz CT molecular complexity index is 521. The molecule has 0 bridgehead atoms. The Labute approximate surface area is 113 Å². The average Bonchev–Trinajstić information content (AvgIpc) is 2.46. The summed E-state index contributed by atoms with van der Waals surface area (Å²) in [6.07, 6.45) is 5.31. The lowest BCUT2D eigenvalue weighted by atomic mass is 9.84. The highest BCUT2D eigenvalue weighted by Crippen LogP contribution is 2.37. The van der Waals surface area contributed by atoms with Crippen LogP contribution in [0.25, 0.3) is 5.57 Å². The molecular formula is C16H19NO2. The predicted molar refractivity (Wildman–Crippen MR) is 74.5 cm³/mol. The number of hydrogen-bond acceptors (Lipinski definition) is 3. The van der Waals surface area contributed by atoms with E-state index in [0.29, 0.717) is 6.04 Å². The van der Waals surface area contributed by atoms with Gasteiger partial charge in [0.15, 0.2) is 0 Å². The molecule has 3 rings (SSSR count). The van der Waals surface area contributed by atoms with Crippen LogP contribution >= 0.6 is 0 Å². The Balaban J connectivity index is 2.06. The van der Waals surface area contributed by atoms with E-state index in [4.69, 9.17) is 4.74 Å². The van der Waals surface area contributed by atoms with E-state index in [1.54, 1.807) is 6.08 Å². The highest BCUT2D eigenvalue weighted by atomic mass is 16.5. The maximum atomic E-state index is 11.6. The van der Waals surface area contributed by atoms with Crippen molar-refractivity contribution in [3.05, 3.63) is 41.5 Å². The molecule has 3 nitrogen and oxygen atoms in total. The molecule has 1 aromatic carbocycles. The molecule has 1 fully saturated rings. The Kier molecular flexibility index (Phi) is 3.38. The molecule has 2 aliphatic rings. The smallest absolute Gasteiger partial charge is 0.330 e. The number of hydrogen-bond donors (Lipinski definition) is 0. The van der Waals surface area contributed by atoms with Crippen LogP contribution in [0.1, 0.15) is 30.4 Å². The normalized spacial score (nSPS) is 24.7. The first kappa shape index (κ1) is 12.4. The minimum Gasteiger partial charge on any atom is -0.466 e. The van der Waals surface area contributed by atoms with Crippen molar-refractivity contribution in [1.29, 1.82) is 0 Å². The summed E-state index contributed by atoms with van der Waals surface area (Å²) < 4.78 is 4.81. The highest BCUT2D eigenvalue weighted by Gasteiger charge is 2.32. The van der Waals surface area contributed by atoms with Crippen LogP contribution in [0.15, 0.2) is 30.3 Å². The van der Waals surface area contributed by atoms with Crippen molar-refractivity contribution >= 4 is 11.5 Å². The molecule has 0 spiro atoms. The lowest BCUT2D eigenvalue weighted by Gasteiger charge is -2.41. The molecule has 0 amide bonds. The van der Waals surface area contributed by atoms with Gasteiger partial charge in [0.25, 0.3) is 0 Å². The minimum absolute atomic E-state index is 0.253. The van der Waals surface area contributed by atoms with Gasteiger partial charge in [0.1, 0.15) is 0 Å². The Morgan fingerprint density at radius 1 is 1.37 bits per heavy atom. The Hall–Kier alpha value is -1.61. The van der Waals surface area contributed by atoms with Crippen molar-refractivity contribution < 1.29 is 9.53 Å². The molecule has 100 valence electrons. The summed E-state index contributed by atoms with van der Waals surface area (Å²) in [6, 6.07) is 8.77. The summed E-state index contributed by atoms with van der Waals surface area (Å²) >= 11 is 0. The second kappa shape index (κ2) is 5.17. The summed E-state index contributed by atoms with van der Waals surface area (Å²) in [5.74, 6) is -0.253. The van der Waals surface area contributed by atoms with E-state index < -0.39 is 0 Å². The molecule has 0 aliphatic carbocycles. The lowest BCUT2D eigenvalue weighted by molar-refractivity contribution is -0.134. The van der Waals surface area contributed by atoms with Gasteiger partial charge in [-0.1, -0.05) is 30.7 Å². The fourth-order valence-electron chi connectivity index (χ4n) is 3.23. The first-order valence-corrected chi connectivity index (χ1v) is 6.91. The number of esters is 1. The third-order valence-corrected chi connectivity index (χ3v) is 4.15. The van der Waals surface area contributed by atoms with Crippen LogP contribution in [0.5, 0.6) is 0 Å². The van der Waals surface area contributed by atoms with Gasteiger partial charge in [0.05, 0.1) is 7.11 Å². The molecule has 0 N–H and O–H groups in total. The van der Waals surface area contributed by atoms with Crippen LogP contribution in [-0.2, 0) is 16.1 Å². The van der Waals surface area contributed by atoms with Crippen molar-refractivity contribution in [2.45, 2.75) is 31.8 Å². The number of nitrogens with zero attached hydrogens (tertiary/aromatic N) is 1. The largest absolute Gasteiger partial charge is 0.466 e. The molecule has 2 aliphatic heterocycles. The molecule has 19 heavy (non-hydrogen) atoms. The zero-order valence-corrected chi connectivity index (χ0v) is 11.3. The van der Waals surface area contributed by atoms with E-state index in [2.05, 4.69) is 23.1 Å². The van der Waals surface area contributed by atoms with Crippen LogP contribution in [-0.4, -0.2) is 30.6 Å². The van der Waals surface area contributed by atoms with Crippen LogP contribution in [0.4, 0.5) is 0 Å². The van der Waals surface area contributed by atoms with Gasteiger partial charge in [-0.3, -0.25) is 4.90 Å². The van der Waals surface area contributed by atoms with E-state index in [9.17, 15) is 4.79 Å². The van der Waals surface area contributed by atoms with Gasteiger partial charge in [0.2, 0.25) is 0 Å². The molecule has 0 radical (unpaired) electrons. The van der Waals surface area contributed by atoms with Crippen molar-refractivity contribution in [3.8, 4) is 0 Å². The summed E-state index contributed by atoms with van der Waals surface area (Å²) in [6.45, 7) is 2.12. The summed E-state index contributed by atoms with van der Waals surface area (Å²) in [7, 11) is 1.44. The molecule has 1 unspecified atom stereocenters. The van der Waals surface area contributed by atoms with Crippen LogP contribution in [0.3, 0.4) is 0 Å². The lowest BCUT2D eigenvalue weighted by Crippen LogP contribution is -2.43. The average molecular weight is 257 g/mol. The van der Waals surface area contributed by atoms with Gasteiger partial charge in [-0.2, -0.15) is 0 Å². The monoisotopic (exact) mass is 257 g/mol. The minimum atomic E-state index is -0.253. The fourth-order valence-corrected chi connectivity index (χ4v) is 3.23. The van der Waals surface area contributed by atoms with Gasteiger partial charge in [-0.05, 0) is 36.1 Å². The van der Waals surface area contributed by atoms with E-state index in [1.807, 2.05) is 6.07 Å². The molecule has 1 saturated heterocycles. The van der Waals surface area contributed by atoms with Crippen molar-refractivity contribution in [2.24, 2.45) is 0 Å². The number of carbonyl (C=O) groups is 1. The summed E-state index contributed by atoms with van der Waals surface area (Å²) in [5, 5.41) is 0. The number of benzene rings is 1. The fraction of sp³-hybridized carbons (Fsp3) is 0.438. The van der Waals surface area contributed by atoms with Gasteiger partial charge < -0.3 is 4.74 Å². The molecule has 1 atom stereocenters. The number of rotatable bonds is 1. The third kappa shape index (κ3) is 2.30. The maximum Gasteiger partial charge on any atom is 0.330 e. The number of fused-ring (bicyclic) bond motifs is 2. The second-order valence-electron chi connectivity index (χ2n) is 5.26. The molecule has 2 heterocycles. The van der Waals surface area contributed by atoms with Crippen molar-refractivity contribution in [1.82, 2.24) is 4.90 Å². The molecule has 0 aromatic heterocycles. The first-order valence-electron chi connectivity index (χ1n) is 6.91. The van der Waals surface area contributed by atoms with Crippen molar-refractivity contribution in [2.75, 3.05) is 13.7 Å². The maximum absolute atomic E-state index is 11.6. The first-order chi connectivity index (χ1) is 9.29. The standard InChI is InChI=1S/C16H19NO2/c1-19-16(18)10-14-13-7-3-2-6-12(13)11-17-9-5-4-8-15(14)17/h2-3,6-7,10,15H,4-5,8-9,11H2,1H3/b14-10+. The van der Waals surface area contributed by atoms with E-state index >= 15 is 0 Å². The molecule has 3 heteroatoms. The Morgan fingerprint density at radius 3 is 3.05 bits per heavy atom. The SMILES string of the molecule is COC(=O)/C=C1\c2ccccc2CN2CCCCC12. The van der Waals surface area contributed by atoms with Crippen LogP contribution in [0, 0.1) is 0 Å². The van der Waals surface area contributed by atoms with Crippen LogP contribution in [0.2, 0.25) is 0 Å².